The van der Waals surface area contributed by atoms with Gasteiger partial charge < -0.3 is 10.2 Å². The molecule has 0 saturated heterocycles. The SMILES string of the molecule is CC(C)(O)c1cc(-c2ccc(-c3cccc(O)c3)cc2)n(-c2ccccc2Cl)n1. The van der Waals surface area contributed by atoms with E-state index in [2.05, 4.69) is 5.10 Å². The Labute approximate surface area is 174 Å². The van der Waals surface area contributed by atoms with Crippen molar-refractivity contribution in [3.05, 3.63) is 89.6 Å². The molecule has 0 spiro atoms. The Morgan fingerprint density at radius 1 is 0.828 bits per heavy atom. The molecule has 0 aliphatic heterocycles. The third kappa shape index (κ3) is 3.90. The van der Waals surface area contributed by atoms with Crippen LogP contribution >= 0.6 is 11.6 Å². The van der Waals surface area contributed by atoms with Crippen molar-refractivity contribution in [2.24, 2.45) is 0 Å². The van der Waals surface area contributed by atoms with Gasteiger partial charge >= 0.3 is 0 Å². The van der Waals surface area contributed by atoms with Crippen molar-refractivity contribution in [2.45, 2.75) is 19.4 Å². The lowest BCUT2D eigenvalue weighted by molar-refractivity contribution is 0.0734. The summed E-state index contributed by atoms with van der Waals surface area (Å²) in [6, 6.07) is 24.5. The van der Waals surface area contributed by atoms with Crippen molar-refractivity contribution in [2.75, 3.05) is 0 Å². The fraction of sp³-hybridized carbons (Fsp3) is 0.125. The summed E-state index contributed by atoms with van der Waals surface area (Å²) in [6.45, 7) is 3.42. The highest BCUT2D eigenvalue weighted by molar-refractivity contribution is 6.32. The maximum Gasteiger partial charge on any atom is 0.116 e. The second-order valence-electron chi connectivity index (χ2n) is 7.46. The van der Waals surface area contributed by atoms with Gasteiger partial charge in [0.25, 0.3) is 0 Å². The monoisotopic (exact) mass is 404 g/mol. The molecule has 5 heteroatoms. The van der Waals surface area contributed by atoms with Crippen molar-refractivity contribution in [3.63, 3.8) is 0 Å². The first-order valence-electron chi connectivity index (χ1n) is 9.30. The summed E-state index contributed by atoms with van der Waals surface area (Å²) in [5.74, 6) is 0.234. The standard InChI is InChI=1S/C24H21ClN2O2/c1-24(2,29)23-15-22(27(26-23)21-9-4-3-8-20(21)25)17-12-10-16(11-13-17)18-6-5-7-19(28)14-18/h3-15,28-29H,1-2H3. The van der Waals surface area contributed by atoms with Gasteiger partial charge in [0, 0.05) is 5.56 Å². The average Bonchev–Trinajstić information content (AvgIpc) is 3.14. The molecule has 0 fully saturated rings. The molecule has 0 saturated carbocycles. The van der Waals surface area contributed by atoms with Crippen molar-refractivity contribution in [1.29, 1.82) is 0 Å². The minimum atomic E-state index is -1.08. The molecular weight excluding hydrogens is 384 g/mol. The Balaban J connectivity index is 1.82. The van der Waals surface area contributed by atoms with Gasteiger partial charge in [-0.2, -0.15) is 5.10 Å². The van der Waals surface area contributed by atoms with Gasteiger partial charge in [-0.15, -0.1) is 0 Å². The summed E-state index contributed by atoms with van der Waals surface area (Å²) in [4.78, 5) is 0. The van der Waals surface area contributed by atoms with Crippen LogP contribution in [0.4, 0.5) is 0 Å². The van der Waals surface area contributed by atoms with Gasteiger partial charge in [-0.25, -0.2) is 4.68 Å². The Bertz CT molecular complexity index is 1160. The molecule has 29 heavy (non-hydrogen) atoms. The first-order chi connectivity index (χ1) is 13.8. The predicted octanol–water partition coefficient (Wildman–Crippen LogP) is 5.79. The van der Waals surface area contributed by atoms with E-state index in [-0.39, 0.29) is 5.75 Å². The molecule has 0 amide bonds. The number of hydrogen-bond acceptors (Lipinski definition) is 3. The number of rotatable bonds is 4. The van der Waals surface area contributed by atoms with Crippen LogP contribution in [0.15, 0.2) is 78.9 Å². The Kier molecular flexibility index (Phi) is 4.91. The lowest BCUT2D eigenvalue weighted by Crippen LogP contribution is -2.16. The van der Waals surface area contributed by atoms with Gasteiger partial charge in [-0.05, 0) is 55.3 Å². The van der Waals surface area contributed by atoms with E-state index >= 15 is 0 Å². The van der Waals surface area contributed by atoms with E-state index in [0.717, 1.165) is 28.1 Å². The van der Waals surface area contributed by atoms with Gasteiger partial charge in [0.15, 0.2) is 0 Å². The molecule has 3 aromatic carbocycles. The Morgan fingerprint density at radius 2 is 1.52 bits per heavy atom. The second kappa shape index (κ2) is 7.39. The predicted molar refractivity (Wildman–Crippen MR) is 116 cm³/mol. The highest BCUT2D eigenvalue weighted by atomic mass is 35.5. The van der Waals surface area contributed by atoms with Gasteiger partial charge in [0.2, 0.25) is 0 Å². The summed E-state index contributed by atoms with van der Waals surface area (Å²) < 4.78 is 1.76. The molecule has 1 aromatic heterocycles. The van der Waals surface area contributed by atoms with Crippen LogP contribution in [0.3, 0.4) is 0 Å². The molecule has 0 radical (unpaired) electrons. The van der Waals surface area contributed by atoms with E-state index in [1.54, 1.807) is 30.7 Å². The number of hydrogen-bond donors (Lipinski definition) is 2. The van der Waals surface area contributed by atoms with E-state index in [4.69, 9.17) is 11.6 Å². The fourth-order valence-corrected chi connectivity index (χ4v) is 3.43. The minimum absolute atomic E-state index is 0.234. The van der Waals surface area contributed by atoms with Crippen LogP contribution in [-0.4, -0.2) is 20.0 Å². The molecule has 0 bridgehead atoms. The van der Waals surface area contributed by atoms with Crippen LogP contribution in [-0.2, 0) is 5.60 Å². The van der Waals surface area contributed by atoms with E-state index in [0.29, 0.717) is 10.7 Å². The lowest BCUT2D eigenvalue weighted by atomic mass is 10.0. The van der Waals surface area contributed by atoms with Crippen LogP contribution < -0.4 is 0 Å². The van der Waals surface area contributed by atoms with E-state index in [1.807, 2.05) is 66.7 Å². The summed E-state index contributed by atoms with van der Waals surface area (Å²) in [6.07, 6.45) is 0. The van der Waals surface area contributed by atoms with Gasteiger partial charge in [-0.1, -0.05) is 60.1 Å². The number of aliphatic hydroxyl groups is 1. The summed E-state index contributed by atoms with van der Waals surface area (Å²) >= 11 is 6.41. The van der Waals surface area contributed by atoms with Crippen LogP contribution in [0.2, 0.25) is 5.02 Å². The van der Waals surface area contributed by atoms with Gasteiger partial charge in [0.1, 0.15) is 11.4 Å². The molecule has 2 N–H and O–H groups in total. The number of aromatic nitrogens is 2. The zero-order valence-electron chi connectivity index (χ0n) is 16.2. The largest absolute Gasteiger partial charge is 0.508 e. The van der Waals surface area contributed by atoms with Crippen LogP contribution in [0, 0.1) is 0 Å². The van der Waals surface area contributed by atoms with Crippen molar-refractivity contribution < 1.29 is 10.2 Å². The van der Waals surface area contributed by atoms with Crippen molar-refractivity contribution in [3.8, 4) is 33.8 Å². The molecule has 4 nitrogen and oxygen atoms in total. The molecule has 0 aliphatic carbocycles. The number of benzene rings is 3. The highest BCUT2D eigenvalue weighted by Crippen LogP contribution is 2.32. The molecule has 4 aromatic rings. The Morgan fingerprint density at radius 3 is 2.17 bits per heavy atom. The fourth-order valence-electron chi connectivity index (χ4n) is 3.21. The topological polar surface area (TPSA) is 58.3 Å². The number of nitrogens with zero attached hydrogens (tertiary/aromatic N) is 2. The summed E-state index contributed by atoms with van der Waals surface area (Å²) in [5.41, 5.74) is 3.93. The van der Waals surface area contributed by atoms with Crippen LogP contribution in [0.1, 0.15) is 19.5 Å². The quantitative estimate of drug-likeness (QED) is 0.452. The molecule has 0 aliphatic rings. The molecular formula is C24H21ClN2O2. The average molecular weight is 405 g/mol. The summed E-state index contributed by atoms with van der Waals surface area (Å²) in [7, 11) is 0. The first-order valence-corrected chi connectivity index (χ1v) is 9.68. The molecule has 0 unspecified atom stereocenters. The summed E-state index contributed by atoms with van der Waals surface area (Å²) in [5, 5.41) is 25.4. The third-order valence-electron chi connectivity index (χ3n) is 4.78. The molecule has 1 heterocycles. The van der Waals surface area contributed by atoms with E-state index < -0.39 is 5.60 Å². The Hall–Kier alpha value is -3.08. The van der Waals surface area contributed by atoms with Crippen molar-refractivity contribution >= 4 is 11.6 Å². The van der Waals surface area contributed by atoms with Crippen LogP contribution in [0.5, 0.6) is 5.75 Å². The number of halogens is 1. The zero-order chi connectivity index (χ0) is 20.6. The molecule has 0 atom stereocenters. The highest BCUT2D eigenvalue weighted by Gasteiger charge is 2.23. The number of phenolic OH excluding ortho intramolecular Hbond substituents is 1. The lowest BCUT2D eigenvalue weighted by Gasteiger charge is -2.13. The van der Waals surface area contributed by atoms with Crippen LogP contribution in [0.25, 0.3) is 28.1 Å². The second-order valence-corrected chi connectivity index (χ2v) is 7.87. The number of aromatic hydroxyl groups is 1. The maximum absolute atomic E-state index is 10.5. The van der Waals surface area contributed by atoms with Gasteiger partial charge in [-0.3, -0.25) is 0 Å². The normalized spacial score (nSPS) is 11.6. The zero-order valence-corrected chi connectivity index (χ0v) is 16.9. The number of para-hydroxylation sites is 1. The maximum atomic E-state index is 10.5. The number of phenols is 1. The third-order valence-corrected chi connectivity index (χ3v) is 5.10. The first kappa shape index (κ1) is 19.2. The van der Waals surface area contributed by atoms with Crippen molar-refractivity contribution in [1.82, 2.24) is 9.78 Å². The van der Waals surface area contributed by atoms with E-state index in [9.17, 15) is 10.2 Å². The minimum Gasteiger partial charge on any atom is -0.508 e. The molecule has 4 rings (SSSR count). The molecule has 146 valence electrons. The smallest absolute Gasteiger partial charge is 0.116 e. The van der Waals surface area contributed by atoms with Gasteiger partial charge in [0.05, 0.1) is 22.1 Å². The van der Waals surface area contributed by atoms with E-state index in [1.165, 1.54) is 0 Å².